The molecule has 84 valence electrons. The number of aryl methyl sites for hydroxylation is 2. The zero-order chi connectivity index (χ0) is 11.5. The van der Waals surface area contributed by atoms with Crippen molar-refractivity contribution in [1.29, 1.82) is 0 Å². The van der Waals surface area contributed by atoms with Gasteiger partial charge in [-0.05, 0) is 41.1 Å². The molecule has 0 spiro atoms. The molecule has 2 aromatic heterocycles. The molecule has 16 heavy (non-hydrogen) atoms. The van der Waals surface area contributed by atoms with Crippen molar-refractivity contribution >= 4 is 27.7 Å². The van der Waals surface area contributed by atoms with Crippen LogP contribution in [0.25, 0.3) is 0 Å². The second-order valence-corrected chi connectivity index (χ2v) is 5.42. The highest BCUT2D eigenvalue weighted by atomic mass is 79.9. The van der Waals surface area contributed by atoms with Crippen molar-refractivity contribution in [2.45, 2.75) is 17.7 Å². The molecule has 0 atom stereocenters. The lowest BCUT2D eigenvalue weighted by molar-refractivity contribution is 0.692. The highest BCUT2D eigenvalue weighted by Crippen LogP contribution is 2.22. The molecule has 0 radical (unpaired) electrons. The summed E-state index contributed by atoms with van der Waals surface area (Å²) in [7, 11) is 1.96. The van der Waals surface area contributed by atoms with Crippen molar-refractivity contribution in [3.05, 3.63) is 40.3 Å². The average molecular weight is 298 g/mol. The first-order chi connectivity index (χ1) is 7.65. The van der Waals surface area contributed by atoms with Gasteiger partial charge in [0.2, 0.25) is 0 Å². The lowest BCUT2D eigenvalue weighted by Gasteiger charge is -2.01. The Hall–Kier alpha value is -0.810. The summed E-state index contributed by atoms with van der Waals surface area (Å²) in [4.78, 5) is 4.33. The molecule has 2 rings (SSSR count). The fourth-order valence-electron chi connectivity index (χ4n) is 1.36. The van der Waals surface area contributed by atoms with Crippen LogP contribution in [-0.4, -0.2) is 14.8 Å². The molecule has 0 fully saturated rings. The van der Waals surface area contributed by atoms with E-state index in [0.29, 0.717) is 0 Å². The molecule has 3 nitrogen and oxygen atoms in total. The van der Waals surface area contributed by atoms with Crippen molar-refractivity contribution in [3.63, 3.8) is 0 Å². The third-order valence-electron chi connectivity index (χ3n) is 2.12. The largest absolute Gasteiger partial charge is 0.262 e. The van der Waals surface area contributed by atoms with Crippen LogP contribution in [0.3, 0.4) is 0 Å². The molecule has 0 aliphatic heterocycles. The lowest BCUT2D eigenvalue weighted by atomic mass is 10.4. The molecule has 0 saturated heterocycles. The van der Waals surface area contributed by atoms with E-state index in [4.69, 9.17) is 0 Å². The minimum Gasteiger partial charge on any atom is -0.262 e. The predicted molar refractivity (Wildman–Crippen MR) is 69.4 cm³/mol. The summed E-state index contributed by atoms with van der Waals surface area (Å²) >= 11 is 5.12. The average Bonchev–Trinajstić information content (AvgIpc) is 2.57. The van der Waals surface area contributed by atoms with Gasteiger partial charge in [-0.3, -0.25) is 9.67 Å². The van der Waals surface area contributed by atoms with E-state index in [1.165, 1.54) is 5.03 Å². The normalized spacial score (nSPS) is 10.7. The number of rotatable bonds is 3. The second kappa shape index (κ2) is 5.01. The molecule has 5 heteroatoms. The molecular weight excluding hydrogens is 286 g/mol. The van der Waals surface area contributed by atoms with Gasteiger partial charge < -0.3 is 0 Å². The van der Waals surface area contributed by atoms with E-state index >= 15 is 0 Å². The van der Waals surface area contributed by atoms with Gasteiger partial charge in [0.25, 0.3) is 0 Å². The predicted octanol–water partition coefficient (Wildman–Crippen LogP) is 3.18. The van der Waals surface area contributed by atoms with Crippen LogP contribution in [0.2, 0.25) is 0 Å². The van der Waals surface area contributed by atoms with Gasteiger partial charge >= 0.3 is 0 Å². The number of hydrogen-bond donors (Lipinski definition) is 0. The number of thioether (sulfide) groups is 1. The molecule has 0 amide bonds. The van der Waals surface area contributed by atoms with E-state index in [1.807, 2.05) is 37.0 Å². The van der Waals surface area contributed by atoms with Gasteiger partial charge in [-0.1, -0.05) is 0 Å². The van der Waals surface area contributed by atoms with Crippen molar-refractivity contribution in [2.75, 3.05) is 0 Å². The standard InChI is InChI=1S/C11H12BrN3S/c1-8-5-11(15(2)14-8)16-7-10-4-3-9(12)6-13-10/h3-6H,7H2,1-2H3. The van der Waals surface area contributed by atoms with Gasteiger partial charge in [0.15, 0.2) is 0 Å². The smallest absolute Gasteiger partial charge is 0.0943 e. The van der Waals surface area contributed by atoms with Crippen LogP contribution in [0.15, 0.2) is 33.9 Å². The van der Waals surface area contributed by atoms with Gasteiger partial charge in [0.1, 0.15) is 0 Å². The lowest BCUT2D eigenvalue weighted by Crippen LogP contribution is -1.93. The van der Waals surface area contributed by atoms with Crippen molar-refractivity contribution in [3.8, 4) is 0 Å². The number of halogens is 1. The maximum absolute atomic E-state index is 4.33. The van der Waals surface area contributed by atoms with E-state index < -0.39 is 0 Å². The van der Waals surface area contributed by atoms with E-state index in [9.17, 15) is 0 Å². The first-order valence-corrected chi connectivity index (χ1v) is 6.67. The highest BCUT2D eigenvalue weighted by Gasteiger charge is 2.03. The Balaban J connectivity index is 2.02. The summed E-state index contributed by atoms with van der Waals surface area (Å²) in [6, 6.07) is 6.13. The number of aromatic nitrogens is 3. The van der Waals surface area contributed by atoms with Crippen molar-refractivity contribution in [2.24, 2.45) is 7.05 Å². The second-order valence-electron chi connectivity index (χ2n) is 3.50. The summed E-state index contributed by atoms with van der Waals surface area (Å²) in [6.07, 6.45) is 1.82. The van der Waals surface area contributed by atoms with Gasteiger partial charge in [-0.15, -0.1) is 11.8 Å². The van der Waals surface area contributed by atoms with E-state index in [-0.39, 0.29) is 0 Å². The van der Waals surface area contributed by atoms with Crippen LogP contribution in [0, 0.1) is 6.92 Å². The van der Waals surface area contributed by atoms with E-state index in [0.717, 1.165) is 21.6 Å². The van der Waals surface area contributed by atoms with E-state index in [1.54, 1.807) is 11.8 Å². The van der Waals surface area contributed by atoms with E-state index in [2.05, 4.69) is 32.1 Å². The summed E-state index contributed by atoms with van der Waals surface area (Å²) in [5.41, 5.74) is 2.13. The van der Waals surface area contributed by atoms with Crippen molar-refractivity contribution in [1.82, 2.24) is 14.8 Å². The van der Waals surface area contributed by atoms with Gasteiger partial charge in [0, 0.05) is 23.5 Å². The Morgan fingerprint density at radius 3 is 2.81 bits per heavy atom. The van der Waals surface area contributed by atoms with Crippen LogP contribution in [0.5, 0.6) is 0 Å². The Morgan fingerprint density at radius 2 is 2.25 bits per heavy atom. The zero-order valence-corrected chi connectivity index (χ0v) is 11.5. The maximum Gasteiger partial charge on any atom is 0.0943 e. The van der Waals surface area contributed by atoms with Crippen molar-refractivity contribution < 1.29 is 0 Å². The summed E-state index contributed by atoms with van der Waals surface area (Å²) in [5, 5.41) is 5.47. The minimum atomic E-state index is 0.867. The molecule has 0 unspecified atom stereocenters. The third kappa shape index (κ3) is 2.86. The highest BCUT2D eigenvalue weighted by molar-refractivity contribution is 9.10. The molecule has 0 N–H and O–H groups in total. The molecular formula is C11H12BrN3S. The number of hydrogen-bond acceptors (Lipinski definition) is 3. The Bertz CT molecular complexity index is 478. The third-order valence-corrected chi connectivity index (χ3v) is 3.70. The molecule has 0 aliphatic carbocycles. The van der Waals surface area contributed by atoms with Gasteiger partial charge in [-0.2, -0.15) is 5.10 Å². The van der Waals surface area contributed by atoms with Gasteiger partial charge in [0.05, 0.1) is 16.4 Å². The van der Waals surface area contributed by atoms with Crippen LogP contribution >= 0.6 is 27.7 Å². The number of nitrogens with zero attached hydrogens (tertiary/aromatic N) is 3. The van der Waals surface area contributed by atoms with Crippen LogP contribution in [0.1, 0.15) is 11.4 Å². The molecule has 0 aromatic carbocycles. The number of pyridine rings is 1. The zero-order valence-electron chi connectivity index (χ0n) is 9.14. The molecule has 2 aromatic rings. The Morgan fingerprint density at radius 1 is 1.44 bits per heavy atom. The van der Waals surface area contributed by atoms with Crippen LogP contribution in [0.4, 0.5) is 0 Å². The summed E-state index contributed by atoms with van der Waals surface area (Å²) in [6.45, 7) is 2.00. The quantitative estimate of drug-likeness (QED) is 0.815. The molecule has 0 aliphatic rings. The Kier molecular flexibility index (Phi) is 3.66. The molecule has 0 saturated carbocycles. The van der Waals surface area contributed by atoms with Crippen LogP contribution < -0.4 is 0 Å². The summed E-state index contributed by atoms with van der Waals surface area (Å²) < 4.78 is 2.91. The van der Waals surface area contributed by atoms with Gasteiger partial charge in [-0.25, -0.2) is 0 Å². The topological polar surface area (TPSA) is 30.7 Å². The fourth-order valence-corrected chi connectivity index (χ4v) is 2.54. The first-order valence-electron chi connectivity index (χ1n) is 4.89. The SMILES string of the molecule is Cc1cc(SCc2ccc(Br)cn2)n(C)n1. The minimum absolute atomic E-state index is 0.867. The maximum atomic E-state index is 4.33. The first kappa shape index (κ1) is 11.7. The summed E-state index contributed by atoms with van der Waals surface area (Å²) in [5.74, 6) is 0.867. The fraction of sp³-hybridized carbons (Fsp3) is 0.273. The monoisotopic (exact) mass is 297 g/mol. The van der Waals surface area contributed by atoms with Crippen LogP contribution in [-0.2, 0) is 12.8 Å². The molecule has 0 bridgehead atoms. The molecule has 2 heterocycles. The Labute approximate surface area is 107 Å².